The summed E-state index contributed by atoms with van der Waals surface area (Å²) in [5.41, 5.74) is -1.00. The third-order valence-corrected chi connectivity index (χ3v) is 3.62. The van der Waals surface area contributed by atoms with Crippen LogP contribution >= 0.6 is 7.60 Å². The highest BCUT2D eigenvalue weighted by Crippen LogP contribution is 2.42. The average Bonchev–Trinajstić information content (AvgIpc) is 2.33. The van der Waals surface area contributed by atoms with E-state index >= 15 is 0 Å². The number of rotatable bonds is 6. The van der Waals surface area contributed by atoms with Crippen molar-refractivity contribution in [3.63, 3.8) is 0 Å². The number of carboxylic acid groups (broad SMARTS) is 1. The minimum atomic E-state index is -4.66. The standard InChI is InChI=1S/C11H14NO6P/c13-10(14)7-12-11(15)9(19(16,17)18)6-8-4-2-1-3-5-8/h1-5,9H,6-7H2,(H,12,15)(H,13,14)(H2,16,17,18). The Morgan fingerprint density at radius 1 is 1.21 bits per heavy atom. The first-order valence-electron chi connectivity index (χ1n) is 5.39. The first kappa shape index (κ1) is 15.4. The lowest BCUT2D eigenvalue weighted by Gasteiger charge is -2.17. The number of carboxylic acids is 1. The first-order valence-corrected chi connectivity index (χ1v) is 7.07. The molecule has 0 heterocycles. The summed E-state index contributed by atoms with van der Waals surface area (Å²) in [5.74, 6) is -2.25. The van der Waals surface area contributed by atoms with Gasteiger partial charge in [-0.3, -0.25) is 14.2 Å². The molecule has 0 aliphatic heterocycles. The number of benzene rings is 1. The van der Waals surface area contributed by atoms with Crippen molar-refractivity contribution in [3.8, 4) is 0 Å². The smallest absolute Gasteiger partial charge is 0.338 e. The van der Waals surface area contributed by atoms with Crippen LogP contribution in [0.1, 0.15) is 5.56 Å². The number of hydrogen-bond donors (Lipinski definition) is 4. The van der Waals surface area contributed by atoms with Crippen LogP contribution < -0.4 is 5.32 Å². The molecule has 0 aliphatic carbocycles. The van der Waals surface area contributed by atoms with Crippen molar-refractivity contribution in [2.24, 2.45) is 0 Å². The van der Waals surface area contributed by atoms with Crippen LogP contribution in [0.15, 0.2) is 30.3 Å². The Hall–Kier alpha value is -1.69. The lowest BCUT2D eigenvalue weighted by atomic mass is 10.1. The minimum Gasteiger partial charge on any atom is -0.480 e. The summed E-state index contributed by atoms with van der Waals surface area (Å²) in [5, 5.41) is 10.4. The van der Waals surface area contributed by atoms with E-state index in [4.69, 9.17) is 5.11 Å². The number of carbonyl (C=O) groups is 2. The second-order valence-electron chi connectivity index (χ2n) is 3.91. The summed E-state index contributed by atoms with van der Waals surface area (Å²) in [7, 11) is -4.66. The maximum Gasteiger partial charge on any atom is 0.338 e. The van der Waals surface area contributed by atoms with Gasteiger partial charge in [0, 0.05) is 0 Å². The lowest BCUT2D eigenvalue weighted by molar-refractivity contribution is -0.137. The van der Waals surface area contributed by atoms with E-state index in [1.54, 1.807) is 30.3 Å². The van der Waals surface area contributed by atoms with Crippen molar-refractivity contribution in [1.82, 2.24) is 5.32 Å². The predicted molar refractivity (Wildman–Crippen MR) is 66.6 cm³/mol. The molecule has 1 rings (SSSR count). The van der Waals surface area contributed by atoms with Gasteiger partial charge < -0.3 is 20.2 Å². The molecule has 0 spiro atoms. The van der Waals surface area contributed by atoms with Crippen molar-refractivity contribution in [2.45, 2.75) is 12.1 Å². The summed E-state index contributed by atoms with van der Waals surface area (Å²) in [6.07, 6.45) is -0.156. The Balaban J connectivity index is 2.81. The fourth-order valence-corrected chi connectivity index (χ4v) is 2.33. The van der Waals surface area contributed by atoms with E-state index in [0.29, 0.717) is 5.56 Å². The summed E-state index contributed by atoms with van der Waals surface area (Å²) < 4.78 is 11.3. The van der Waals surface area contributed by atoms with E-state index in [0.717, 1.165) is 0 Å². The molecule has 1 aromatic rings. The molecular weight excluding hydrogens is 273 g/mol. The first-order chi connectivity index (χ1) is 8.80. The molecule has 104 valence electrons. The number of amides is 1. The van der Waals surface area contributed by atoms with Crippen LogP contribution in [0.3, 0.4) is 0 Å². The quantitative estimate of drug-likeness (QED) is 0.545. The molecule has 4 N–H and O–H groups in total. The van der Waals surface area contributed by atoms with E-state index in [1.807, 2.05) is 5.32 Å². The number of nitrogens with one attached hydrogen (secondary N) is 1. The van der Waals surface area contributed by atoms with E-state index in [-0.39, 0.29) is 6.42 Å². The molecule has 1 unspecified atom stereocenters. The van der Waals surface area contributed by atoms with Gasteiger partial charge in [0.2, 0.25) is 5.91 Å². The Kier molecular flexibility index (Phi) is 5.23. The van der Waals surface area contributed by atoms with Crippen LogP contribution in [0.5, 0.6) is 0 Å². The normalized spacial score (nSPS) is 12.7. The molecule has 19 heavy (non-hydrogen) atoms. The van der Waals surface area contributed by atoms with E-state index in [1.165, 1.54) is 0 Å². The zero-order chi connectivity index (χ0) is 14.5. The third-order valence-electron chi connectivity index (χ3n) is 2.39. The van der Waals surface area contributed by atoms with Gasteiger partial charge in [-0.2, -0.15) is 0 Å². The zero-order valence-electron chi connectivity index (χ0n) is 9.89. The summed E-state index contributed by atoms with van der Waals surface area (Å²) in [6.45, 7) is -0.676. The van der Waals surface area contributed by atoms with Crippen LogP contribution in [0.4, 0.5) is 0 Å². The Labute approximate surface area is 109 Å². The second-order valence-corrected chi connectivity index (χ2v) is 5.71. The van der Waals surface area contributed by atoms with Gasteiger partial charge in [-0.15, -0.1) is 0 Å². The molecule has 0 aliphatic rings. The lowest BCUT2D eigenvalue weighted by Crippen LogP contribution is -2.38. The van der Waals surface area contributed by atoms with E-state index in [2.05, 4.69) is 0 Å². The van der Waals surface area contributed by atoms with Gasteiger partial charge in [0.25, 0.3) is 0 Å². The summed E-state index contributed by atoms with van der Waals surface area (Å²) in [4.78, 5) is 40.3. The van der Waals surface area contributed by atoms with Crippen LogP contribution in [-0.4, -0.2) is 39.0 Å². The molecule has 0 saturated carbocycles. The highest BCUT2D eigenvalue weighted by atomic mass is 31.2. The van der Waals surface area contributed by atoms with Gasteiger partial charge in [0.05, 0.1) is 0 Å². The highest BCUT2D eigenvalue weighted by Gasteiger charge is 2.35. The van der Waals surface area contributed by atoms with Gasteiger partial charge >= 0.3 is 13.6 Å². The van der Waals surface area contributed by atoms with Crippen LogP contribution in [0.2, 0.25) is 0 Å². The molecule has 0 radical (unpaired) electrons. The number of hydrogen-bond acceptors (Lipinski definition) is 3. The van der Waals surface area contributed by atoms with Gasteiger partial charge in [-0.25, -0.2) is 0 Å². The van der Waals surface area contributed by atoms with Crippen molar-refractivity contribution >= 4 is 19.5 Å². The fourth-order valence-electron chi connectivity index (χ4n) is 1.48. The Bertz CT molecular complexity index is 497. The highest BCUT2D eigenvalue weighted by molar-refractivity contribution is 7.53. The Morgan fingerprint density at radius 3 is 2.26 bits per heavy atom. The van der Waals surface area contributed by atoms with Crippen LogP contribution in [0.25, 0.3) is 0 Å². The van der Waals surface area contributed by atoms with Gasteiger partial charge in [-0.05, 0) is 12.0 Å². The molecule has 8 heteroatoms. The third kappa shape index (κ3) is 5.21. The molecule has 1 atom stereocenters. The van der Waals surface area contributed by atoms with Crippen molar-refractivity contribution < 1.29 is 29.0 Å². The molecule has 0 aromatic heterocycles. The molecule has 1 amide bonds. The van der Waals surface area contributed by atoms with E-state index in [9.17, 15) is 23.9 Å². The second kappa shape index (κ2) is 6.47. The van der Waals surface area contributed by atoms with Crippen molar-refractivity contribution in [1.29, 1.82) is 0 Å². The summed E-state index contributed by atoms with van der Waals surface area (Å²) in [6, 6.07) is 8.36. The van der Waals surface area contributed by atoms with Gasteiger partial charge in [0.15, 0.2) is 0 Å². The van der Waals surface area contributed by atoms with Crippen LogP contribution in [0, 0.1) is 0 Å². The van der Waals surface area contributed by atoms with Crippen molar-refractivity contribution in [2.75, 3.05) is 6.54 Å². The molecular formula is C11H14NO6P. The SMILES string of the molecule is O=C(O)CNC(=O)C(Cc1ccccc1)P(=O)(O)O. The topological polar surface area (TPSA) is 124 Å². The maximum absolute atomic E-state index is 11.6. The average molecular weight is 287 g/mol. The van der Waals surface area contributed by atoms with Crippen LogP contribution in [-0.2, 0) is 20.6 Å². The monoisotopic (exact) mass is 287 g/mol. The minimum absolute atomic E-state index is 0.156. The molecule has 1 aromatic carbocycles. The van der Waals surface area contributed by atoms with Gasteiger partial charge in [0.1, 0.15) is 12.2 Å². The fraction of sp³-hybridized carbons (Fsp3) is 0.273. The maximum atomic E-state index is 11.6. The Morgan fingerprint density at radius 2 is 1.79 bits per heavy atom. The van der Waals surface area contributed by atoms with Crippen molar-refractivity contribution in [3.05, 3.63) is 35.9 Å². The number of aliphatic carboxylic acids is 1. The largest absolute Gasteiger partial charge is 0.480 e. The summed E-state index contributed by atoms with van der Waals surface area (Å²) >= 11 is 0. The van der Waals surface area contributed by atoms with E-state index < -0.39 is 31.7 Å². The molecule has 0 bridgehead atoms. The van der Waals surface area contributed by atoms with Gasteiger partial charge in [-0.1, -0.05) is 30.3 Å². The molecule has 0 saturated heterocycles. The predicted octanol–water partition coefficient (Wildman–Crippen LogP) is -0.0238. The number of carbonyl (C=O) groups excluding carboxylic acids is 1. The zero-order valence-corrected chi connectivity index (χ0v) is 10.8. The molecule has 7 nitrogen and oxygen atoms in total. The molecule has 0 fully saturated rings.